The molecule has 0 N–H and O–H groups in total. The molecule has 1 aliphatic heterocycles. The normalized spacial score (nSPS) is 18.6. The Morgan fingerprint density at radius 2 is 1.76 bits per heavy atom. The van der Waals surface area contributed by atoms with Crippen molar-refractivity contribution >= 4 is 15.9 Å². The molecule has 0 atom stereocenters. The number of piperidine rings is 1. The summed E-state index contributed by atoms with van der Waals surface area (Å²) >= 11 is 3.43. The highest BCUT2D eigenvalue weighted by Crippen LogP contribution is 2.21. The summed E-state index contributed by atoms with van der Waals surface area (Å²) < 4.78 is 7.09. The fraction of sp³-hybridized carbons (Fsp3) is 0.571. The monoisotopic (exact) mass is 297 g/mol. The van der Waals surface area contributed by atoms with Gasteiger partial charge in [-0.1, -0.05) is 15.9 Å². The number of hydrogen-bond donors (Lipinski definition) is 0. The van der Waals surface area contributed by atoms with Gasteiger partial charge in [0.05, 0.1) is 0 Å². The van der Waals surface area contributed by atoms with Crippen LogP contribution in [0.5, 0.6) is 5.75 Å². The molecule has 1 aromatic rings. The maximum absolute atomic E-state index is 5.99. The summed E-state index contributed by atoms with van der Waals surface area (Å²) in [5.41, 5.74) is 0. The van der Waals surface area contributed by atoms with Crippen molar-refractivity contribution in [3.05, 3.63) is 28.7 Å². The standard InChI is InChI=1S/C14H20BrNO/c1-11(2)16-9-7-14(8-10-16)17-13-5-3-12(15)4-6-13/h3-6,11,14H,7-10H2,1-2H3. The summed E-state index contributed by atoms with van der Waals surface area (Å²) in [6.45, 7) is 6.82. The highest BCUT2D eigenvalue weighted by molar-refractivity contribution is 9.10. The molecule has 94 valence electrons. The smallest absolute Gasteiger partial charge is 0.119 e. The molecule has 2 nitrogen and oxygen atoms in total. The average Bonchev–Trinajstić information content (AvgIpc) is 2.33. The Hall–Kier alpha value is -0.540. The van der Waals surface area contributed by atoms with E-state index in [9.17, 15) is 0 Å². The van der Waals surface area contributed by atoms with Crippen LogP contribution in [0, 0.1) is 0 Å². The Bertz CT molecular complexity index is 342. The van der Waals surface area contributed by atoms with Gasteiger partial charge >= 0.3 is 0 Å². The predicted molar refractivity (Wildman–Crippen MR) is 74.5 cm³/mol. The van der Waals surface area contributed by atoms with E-state index in [0.29, 0.717) is 12.1 Å². The first-order chi connectivity index (χ1) is 8.15. The Kier molecular flexibility index (Phi) is 4.46. The molecule has 0 saturated carbocycles. The molecule has 2 rings (SSSR count). The van der Waals surface area contributed by atoms with E-state index >= 15 is 0 Å². The summed E-state index contributed by atoms with van der Waals surface area (Å²) in [4.78, 5) is 2.52. The van der Waals surface area contributed by atoms with Crippen LogP contribution in [-0.4, -0.2) is 30.1 Å². The molecular weight excluding hydrogens is 278 g/mol. The Morgan fingerprint density at radius 3 is 2.29 bits per heavy atom. The maximum Gasteiger partial charge on any atom is 0.119 e. The molecule has 17 heavy (non-hydrogen) atoms. The summed E-state index contributed by atoms with van der Waals surface area (Å²) in [5, 5.41) is 0. The molecule has 1 fully saturated rings. The molecule has 0 unspecified atom stereocenters. The van der Waals surface area contributed by atoms with Crippen LogP contribution in [0.2, 0.25) is 0 Å². The first kappa shape index (κ1) is 12.9. The molecule has 1 saturated heterocycles. The zero-order valence-corrected chi connectivity index (χ0v) is 12.1. The van der Waals surface area contributed by atoms with Crippen molar-refractivity contribution < 1.29 is 4.74 Å². The van der Waals surface area contributed by atoms with Gasteiger partial charge in [-0.2, -0.15) is 0 Å². The summed E-state index contributed by atoms with van der Waals surface area (Å²) in [7, 11) is 0. The van der Waals surface area contributed by atoms with E-state index in [2.05, 4.69) is 34.7 Å². The number of benzene rings is 1. The minimum atomic E-state index is 0.381. The van der Waals surface area contributed by atoms with E-state index in [1.807, 2.05) is 24.3 Å². The zero-order chi connectivity index (χ0) is 12.3. The van der Waals surface area contributed by atoms with Crippen LogP contribution in [0.1, 0.15) is 26.7 Å². The van der Waals surface area contributed by atoms with E-state index in [4.69, 9.17) is 4.74 Å². The topological polar surface area (TPSA) is 12.5 Å². The highest BCUT2D eigenvalue weighted by Gasteiger charge is 2.21. The van der Waals surface area contributed by atoms with E-state index in [0.717, 1.165) is 36.2 Å². The molecule has 0 radical (unpaired) electrons. The van der Waals surface area contributed by atoms with Crippen LogP contribution >= 0.6 is 15.9 Å². The molecule has 0 aromatic heterocycles. The summed E-state index contributed by atoms with van der Waals surface area (Å²) in [5.74, 6) is 0.983. The van der Waals surface area contributed by atoms with Crippen molar-refractivity contribution in [1.82, 2.24) is 4.90 Å². The quantitative estimate of drug-likeness (QED) is 0.843. The lowest BCUT2D eigenvalue weighted by molar-refractivity contribution is 0.0843. The van der Waals surface area contributed by atoms with Gasteiger partial charge in [0.2, 0.25) is 0 Å². The van der Waals surface area contributed by atoms with Gasteiger partial charge in [-0.05, 0) is 51.0 Å². The van der Waals surface area contributed by atoms with Gasteiger partial charge in [0.25, 0.3) is 0 Å². The van der Waals surface area contributed by atoms with Gasteiger partial charge in [0.1, 0.15) is 11.9 Å². The predicted octanol–water partition coefficient (Wildman–Crippen LogP) is 3.70. The van der Waals surface area contributed by atoms with Crippen LogP contribution in [-0.2, 0) is 0 Å². The lowest BCUT2D eigenvalue weighted by Crippen LogP contribution is -2.41. The van der Waals surface area contributed by atoms with Crippen molar-refractivity contribution in [2.24, 2.45) is 0 Å². The van der Waals surface area contributed by atoms with Gasteiger partial charge in [-0.15, -0.1) is 0 Å². The van der Waals surface area contributed by atoms with Crippen LogP contribution in [0.15, 0.2) is 28.7 Å². The van der Waals surface area contributed by atoms with Gasteiger partial charge in [-0.3, -0.25) is 0 Å². The lowest BCUT2D eigenvalue weighted by Gasteiger charge is -2.34. The lowest BCUT2D eigenvalue weighted by atomic mass is 10.1. The number of rotatable bonds is 3. The second-order valence-electron chi connectivity index (χ2n) is 4.90. The number of likely N-dealkylation sites (tertiary alicyclic amines) is 1. The molecule has 1 aromatic carbocycles. The molecule has 1 heterocycles. The SMILES string of the molecule is CC(C)N1CCC(Oc2ccc(Br)cc2)CC1. The first-order valence-electron chi connectivity index (χ1n) is 6.31. The molecule has 3 heteroatoms. The van der Waals surface area contributed by atoms with Gasteiger partial charge in [-0.25, -0.2) is 0 Å². The molecule has 0 amide bonds. The van der Waals surface area contributed by atoms with Crippen molar-refractivity contribution in [2.75, 3.05) is 13.1 Å². The molecule has 1 aliphatic rings. The molecule has 0 aliphatic carbocycles. The summed E-state index contributed by atoms with van der Waals surface area (Å²) in [6, 6.07) is 8.76. The third kappa shape index (κ3) is 3.71. The van der Waals surface area contributed by atoms with E-state index in [1.165, 1.54) is 0 Å². The number of hydrogen-bond acceptors (Lipinski definition) is 2. The van der Waals surface area contributed by atoms with Gasteiger partial charge < -0.3 is 9.64 Å². The first-order valence-corrected chi connectivity index (χ1v) is 7.11. The second-order valence-corrected chi connectivity index (χ2v) is 5.82. The van der Waals surface area contributed by atoms with Crippen LogP contribution in [0.25, 0.3) is 0 Å². The van der Waals surface area contributed by atoms with Crippen molar-refractivity contribution in [3.63, 3.8) is 0 Å². The van der Waals surface area contributed by atoms with Crippen molar-refractivity contribution in [2.45, 2.75) is 38.8 Å². The van der Waals surface area contributed by atoms with Crippen molar-refractivity contribution in [3.8, 4) is 5.75 Å². The number of halogens is 1. The number of nitrogens with zero attached hydrogens (tertiary/aromatic N) is 1. The third-order valence-corrected chi connectivity index (χ3v) is 3.85. The highest BCUT2D eigenvalue weighted by atomic mass is 79.9. The zero-order valence-electron chi connectivity index (χ0n) is 10.5. The minimum absolute atomic E-state index is 0.381. The van der Waals surface area contributed by atoms with Gasteiger partial charge in [0, 0.05) is 23.6 Å². The fourth-order valence-electron chi connectivity index (χ4n) is 2.22. The van der Waals surface area contributed by atoms with E-state index < -0.39 is 0 Å². The Labute approximate surface area is 112 Å². The average molecular weight is 298 g/mol. The maximum atomic E-state index is 5.99. The summed E-state index contributed by atoms with van der Waals surface area (Å²) in [6.07, 6.45) is 2.65. The fourth-order valence-corrected chi connectivity index (χ4v) is 2.48. The van der Waals surface area contributed by atoms with Crippen LogP contribution in [0.4, 0.5) is 0 Å². The Morgan fingerprint density at radius 1 is 1.18 bits per heavy atom. The molecule has 0 spiro atoms. The molecular formula is C14H20BrNO. The van der Waals surface area contributed by atoms with Gasteiger partial charge in [0.15, 0.2) is 0 Å². The largest absolute Gasteiger partial charge is 0.490 e. The van der Waals surface area contributed by atoms with E-state index in [1.54, 1.807) is 0 Å². The second kappa shape index (κ2) is 5.87. The minimum Gasteiger partial charge on any atom is -0.490 e. The van der Waals surface area contributed by atoms with Crippen molar-refractivity contribution in [1.29, 1.82) is 0 Å². The number of ether oxygens (including phenoxy) is 1. The van der Waals surface area contributed by atoms with Crippen LogP contribution in [0.3, 0.4) is 0 Å². The van der Waals surface area contributed by atoms with E-state index in [-0.39, 0.29) is 0 Å². The third-order valence-electron chi connectivity index (χ3n) is 3.32. The Balaban J connectivity index is 1.84. The molecule has 0 bridgehead atoms. The van der Waals surface area contributed by atoms with Crippen LogP contribution < -0.4 is 4.74 Å².